The van der Waals surface area contributed by atoms with Crippen molar-refractivity contribution in [3.63, 3.8) is 0 Å². The van der Waals surface area contributed by atoms with Crippen LogP contribution in [0, 0.1) is 11.3 Å². The molecule has 0 aromatic heterocycles. The Labute approximate surface area is 112 Å². The van der Waals surface area contributed by atoms with Gasteiger partial charge < -0.3 is 21.5 Å². The van der Waals surface area contributed by atoms with Crippen LogP contribution in [0.4, 0.5) is 4.79 Å². The monoisotopic (exact) mass is 273 g/mol. The minimum atomic E-state index is -0.840. The lowest BCUT2D eigenvalue weighted by atomic mass is 9.93. The Morgan fingerprint density at radius 2 is 1.84 bits per heavy atom. The summed E-state index contributed by atoms with van der Waals surface area (Å²) < 4.78 is 0. The Bertz CT molecular complexity index is 342. The van der Waals surface area contributed by atoms with Crippen LogP contribution in [0.3, 0.4) is 0 Å². The van der Waals surface area contributed by atoms with Crippen LogP contribution in [0.2, 0.25) is 0 Å². The summed E-state index contributed by atoms with van der Waals surface area (Å²) in [5, 5.41) is 13.8. The van der Waals surface area contributed by atoms with E-state index in [1.54, 1.807) is 20.8 Å². The molecule has 1 unspecified atom stereocenters. The number of nitrogens with two attached hydrogens (primary N) is 1. The topological polar surface area (TPSA) is 122 Å². The number of nitrogens with one attached hydrogen (secondary N) is 2. The Balaban J connectivity index is 3.77. The highest BCUT2D eigenvalue weighted by molar-refractivity contribution is 5.81. The van der Waals surface area contributed by atoms with Crippen LogP contribution in [0.5, 0.6) is 0 Å². The van der Waals surface area contributed by atoms with Gasteiger partial charge in [0.1, 0.15) is 0 Å². The van der Waals surface area contributed by atoms with Gasteiger partial charge in [0.25, 0.3) is 0 Å². The number of carbonyl (C=O) groups is 3. The van der Waals surface area contributed by atoms with Gasteiger partial charge in [-0.3, -0.25) is 9.59 Å². The number of carboxylic acids is 1. The fourth-order valence-electron chi connectivity index (χ4n) is 1.18. The number of carboxylic acid groups (broad SMARTS) is 1. The highest BCUT2D eigenvalue weighted by Crippen LogP contribution is 2.11. The number of amides is 3. The molecule has 0 rings (SSSR count). The highest BCUT2D eigenvalue weighted by Gasteiger charge is 2.25. The fourth-order valence-corrected chi connectivity index (χ4v) is 1.18. The van der Waals surface area contributed by atoms with Gasteiger partial charge >= 0.3 is 12.0 Å². The first-order valence-corrected chi connectivity index (χ1v) is 6.21. The number of primary amides is 1. The second-order valence-electron chi connectivity index (χ2n) is 5.24. The Morgan fingerprint density at radius 1 is 1.26 bits per heavy atom. The highest BCUT2D eigenvalue weighted by atomic mass is 16.4. The molecule has 1 atom stereocenters. The largest absolute Gasteiger partial charge is 0.481 e. The third-order valence-electron chi connectivity index (χ3n) is 2.88. The van der Waals surface area contributed by atoms with Crippen molar-refractivity contribution in [2.75, 3.05) is 13.1 Å². The molecule has 0 aliphatic rings. The zero-order valence-electron chi connectivity index (χ0n) is 11.7. The third-order valence-corrected chi connectivity index (χ3v) is 2.88. The number of aliphatic carboxylic acids is 1. The van der Waals surface area contributed by atoms with Crippen molar-refractivity contribution in [2.45, 2.75) is 33.6 Å². The van der Waals surface area contributed by atoms with E-state index in [9.17, 15) is 14.4 Å². The SMILES string of the molecule is CC(CCCNC(=O)NCC(C)(C)C(N)=O)C(=O)O. The maximum absolute atomic E-state index is 11.4. The maximum atomic E-state index is 11.4. The molecule has 0 saturated heterocycles. The molecule has 0 aromatic rings. The predicted octanol–water partition coefficient (Wildman–Crippen LogP) is 0.298. The molecule has 0 radical (unpaired) electrons. The molecular weight excluding hydrogens is 250 g/mol. The minimum absolute atomic E-state index is 0.152. The van der Waals surface area contributed by atoms with Crippen molar-refractivity contribution < 1.29 is 19.5 Å². The maximum Gasteiger partial charge on any atom is 0.314 e. The van der Waals surface area contributed by atoms with Gasteiger partial charge in [-0.1, -0.05) is 6.92 Å². The van der Waals surface area contributed by atoms with E-state index in [1.165, 1.54) is 0 Å². The second kappa shape index (κ2) is 7.60. The summed E-state index contributed by atoms with van der Waals surface area (Å²) in [6.45, 7) is 5.45. The molecule has 0 aromatic carbocycles. The van der Waals surface area contributed by atoms with Gasteiger partial charge in [-0.25, -0.2) is 4.79 Å². The normalized spacial score (nSPS) is 12.6. The van der Waals surface area contributed by atoms with Crippen LogP contribution in [0.1, 0.15) is 33.6 Å². The van der Waals surface area contributed by atoms with Gasteiger partial charge in [0.15, 0.2) is 0 Å². The van der Waals surface area contributed by atoms with Gasteiger partial charge in [-0.15, -0.1) is 0 Å². The van der Waals surface area contributed by atoms with Crippen molar-refractivity contribution in [3.05, 3.63) is 0 Å². The predicted molar refractivity (Wildman–Crippen MR) is 70.4 cm³/mol. The molecule has 19 heavy (non-hydrogen) atoms. The second-order valence-corrected chi connectivity index (χ2v) is 5.24. The number of carbonyl (C=O) groups excluding carboxylic acids is 2. The van der Waals surface area contributed by atoms with Crippen molar-refractivity contribution in [1.29, 1.82) is 0 Å². The van der Waals surface area contributed by atoms with Gasteiger partial charge in [0.05, 0.1) is 11.3 Å². The molecular formula is C12H23N3O4. The molecule has 110 valence electrons. The first-order valence-electron chi connectivity index (χ1n) is 6.21. The first kappa shape index (κ1) is 17.2. The van der Waals surface area contributed by atoms with Crippen LogP contribution in [-0.2, 0) is 9.59 Å². The van der Waals surface area contributed by atoms with Crippen molar-refractivity contribution in [1.82, 2.24) is 10.6 Å². The van der Waals surface area contributed by atoms with E-state index < -0.39 is 29.2 Å². The summed E-state index contributed by atoms with van der Waals surface area (Å²) in [4.78, 5) is 33.0. The Morgan fingerprint density at radius 3 is 2.32 bits per heavy atom. The van der Waals surface area contributed by atoms with Crippen molar-refractivity contribution in [3.8, 4) is 0 Å². The van der Waals surface area contributed by atoms with Crippen LogP contribution in [-0.4, -0.2) is 36.1 Å². The summed E-state index contributed by atoms with van der Waals surface area (Å²) >= 11 is 0. The Kier molecular flexibility index (Phi) is 6.89. The molecule has 0 saturated carbocycles. The molecule has 0 bridgehead atoms. The third kappa shape index (κ3) is 7.28. The molecule has 7 nitrogen and oxygen atoms in total. The van der Waals surface area contributed by atoms with Crippen molar-refractivity contribution >= 4 is 17.9 Å². The van der Waals surface area contributed by atoms with Gasteiger partial charge in [-0.2, -0.15) is 0 Å². The molecule has 7 heteroatoms. The summed E-state index contributed by atoms with van der Waals surface area (Å²) in [5.41, 5.74) is 4.38. The van der Waals surface area contributed by atoms with E-state index in [2.05, 4.69) is 10.6 Å². The number of urea groups is 1. The molecule has 0 fully saturated rings. The first-order chi connectivity index (χ1) is 8.66. The zero-order valence-corrected chi connectivity index (χ0v) is 11.7. The van der Waals surface area contributed by atoms with E-state index in [1.807, 2.05) is 0 Å². The lowest BCUT2D eigenvalue weighted by Crippen LogP contribution is -2.45. The van der Waals surface area contributed by atoms with E-state index in [4.69, 9.17) is 10.8 Å². The van der Waals surface area contributed by atoms with Crippen LogP contribution < -0.4 is 16.4 Å². The molecule has 0 aliphatic carbocycles. The number of hydrogen-bond donors (Lipinski definition) is 4. The molecule has 0 aliphatic heterocycles. The quantitative estimate of drug-likeness (QED) is 0.475. The van der Waals surface area contributed by atoms with Gasteiger partial charge in [0.2, 0.25) is 5.91 Å². The van der Waals surface area contributed by atoms with E-state index in [0.29, 0.717) is 19.4 Å². The van der Waals surface area contributed by atoms with E-state index in [0.717, 1.165) is 0 Å². The van der Waals surface area contributed by atoms with E-state index >= 15 is 0 Å². The van der Waals surface area contributed by atoms with Crippen LogP contribution in [0.25, 0.3) is 0 Å². The van der Waals surface area contributed by atoms with Gasteiger partial charge in [0, 0.05) is 13.1 Å². The Hall–Kier alpha value is -1.79. The average molecular weight is 273 g/mol. The summed E-state index contributed by atoms with van der Waals surface area (Å²) in [6, 6.07) is -0.391. The molecule has 0 heterocycles. The smallest absolute Gasteiger partial charge is 0.314 e. The summed E-state index contributed by atoms with van der Waals surface area (Å²) in [5.74, 6) is -1.74. The summed E-state index contributed by atoms with van der Waals surface area (Å²) in [6.07, 6.45) is 1.09. The van der Waals surface area contributed by atoms with E-state index in [-0.39, 0.29) is 6.54 Å². The fraction of sp³-hybridized carbons (Fsp3) is 0.750. The number of hydrogen-bond acceptors (Lipinski definition) is 3. The lowest BCUT2D eigenvalue weighted by molar-refractivity contribution is -0.141. The van der Waals surface area contributed by atoms with Crippen LogP contribution >= 0.6 is 0 Å². The van der Waals surface area contributed by atoms with Crippen molar-refractivity contribution in [2.24, 2.45) is 17.1 Å². The molecule has 3 amide bonds. The summed E-state index contributed by atoms with van der Waals surface area (Å²) in [7, 11) is 0. The van der Waals surface area contributed by atoms with Crippen LogP contribution in [0.15, 0.2) is 0 Å². The zero-order chi connectivity index (χ0) is 15.1. The molecule has 5 N–H and O–H groups in total. The molecule has 0 spiro atoms. The number of rotatable bonds is 8. The van der Waals surface area contributed by atoms with Gasteiger partial charge in [-0.05, 0) is 26.7 Å². The minimum Gasteiger partial charge on any atom is -0.481 e. The lowest BCUT2D eigenvalue weighted by Gasteiger charge is -2.20. The average Bonchev–Trinajstić information content (AvgIpc) is 2.31. The standard InChI is InChI=1S/C12H23N3O4/c1-8(9(16)17)5-4-6-14-11(19)15-7-12(2,3)10(13)18/h8H,4-7H2,1-3H3,(H2,13,18)(H,16,17)(H2,14,15,19).